The van der Waals surface area contributed by atoms with E-state index in [-0.39, 0.29) is 0 Å². The van der Waals surface area contributed by atoms with Gasteiger partial charge in [0.2, 0.25) is 0 Å². The van der Waals surface area contributed by atoms with E-state index < -0.39 is 0 Å². The monoisotopic (exact) mass is 331 g/mol. The summed E-state index contributed by atoms with van der Waals surface area (Å²) in [5, 5.41) is 0. The Hall–Kier alpha value is -1.63. The summed E-state index contributed by atoms with van der Waals surface area (Å²) in [6, 6.07) is 4.34. The molecule has 0 amide bonds. The van der Waals surface area contributed by atoms with E-state index in [0.29, 0.717) is 10.8 Å². The second-order valence-corrected chi connectivity index (χ2v) is 9.18. The molecule has 0 radical (unpaired) electrons. The number of allylic oxidation sites excluding steroid dienone is 6. The highest BCUT2D eigenvalue weighted by Gasteiger charge is 2.55. The molecule has 0 aromatic carbocycles. The lowest BCUT2D eigenvalue weighted by Crippen LogP contribution is -2.48. The minimum atomic E-state index is 0.344. The van der Waals surface area contributed by atoms with Gasteiger partial charge in [0.05, 0.1) is 0 Å². The molecule has 5 atom stereocenters. The molecule has 1 heteroatoms. The number of hydrogen-bond donors (Lipinski definition) is 0. The van der Waals surface area contributed by atoms with Crippen molar-refractivity contribution >= 4 is 5.57 Å². The predicted octanol–water partition coefficient (Wildman–Crippen LogP) is 6.20. The molecular weight excluding hydrogens is 302 g/mol. The van der Waals surface area contributed by atoms with Gasteiger partial charge in [0.25, 0.3) is 0 Å². The molecule has 1 fully saturated rings. The first-order chi connectivity index (χ1) is 12.1. The van der Waals surface area contributed by atoms with Crippen molar-refractivity contribution in [2.45, 2.75) is 52.4 Å². The SMILES string of the molecule is CC12CCC=CC1=CCC1C2CCC2(C)C(c3cccnc3)=CCC12. The third-order valence-electron chi connectivity index (χ3n) is 8.21. The third kappa shape index (κ3) is 2.11. The van der Waals surface area contributed by atoms with Crippen LogP contribution in [0.2, 0.25) is 0 Å². The molecule has 0 N–H and O–H groups in total. The van der Waals surface area contributed by atoms with Crippen molar-refractivity contribution in [2.75, 3.05) is 0 Å². The highest BCUT2D eigenvalue weighted by atomic mass is 14.6. The molecule has 1 nitrogen and oxygen atoms in total. The van der Waals surface area contributed by atoms with E-state index in [4.69, 9.17) is 0 Å². The maximum absolute atomic E-state index is 4.39. The Bertz CT molecular complexity index is 771. The van der Waals surface area contributed by atoms with Gasteiger partial charge < -0.3 is 0 Å². The first-order valence-corrected chi connectivity index (χ1v) is 10.1. The normalized spacial score (nSPS) is 42.1. The van der Waals surface area contributed by atoms with Crippen LogP contribution in [0.1, 0.15) is 57.9 Å². The molecule has 0 spiro atoms. The topological polar surface area (TPSA) is 12.9 Å². The van der Waals surface area contributed by atoms with Crippen molar-refractivity contribution < 1.29 is 0 Å². The third-order valence-corrected chi connectivity index (χ3v) is 8.21. The van der Waals surface area contributed by atoms with E-state index >= 15 is 0 Å². The minimum Gasteiger partial charge on any atom is -0.264 e. The zero-order chi connectivity index (χ0) is 17.1. The number of aromatic nitrogens is 1. The van der Waals surface area contributed by atoms with Gasteiger partial charge in [-0.25, -0.2) is 0 Å². The molecule has 25 heavy (non-hydrogen) atoms. The van der Waals surface area contributed by atoms with Crippen molar-refractivity contribution in [3.63, 3.8) is 0 Å². The lowest BCUT2D eigenvalue weighted by Gasteiger charge is -2.56. The van der Waals surface area contributed by atoms with E-state index in [0.717, 1.165) is 17.8 Å². The Morgan fingerprint density at radius 2 is 1.96 bits per heavy atom. The van der Waals surface area contributed by atoms with Crippen LogP contribution in [-0.4, -0.2) is 4.98 Å². The minimum absolute atomic E-state index is 0.344. The molecule has 1 heterocycles. The highest BCUT2D eigenvalue weighted by molar-refractivity contribution is 5.72. The largest absolute Gasteiger partial charge is 0.264 e. The first-order valence-electron chi connectivity index (χ1n) is 10.1. The quantitative estimate of drug-likeness (QED) is 0.596. The van der Waals surface area contributed by atoms with Crippen LogP contribution in [0.3, 0.4) is 0 Å². The van der Waals surface area contributed by atoms with Gasteiger partial charge >= 0.3 is 0 Å². The standard InChI is InChI=1S/C24H29N/c1-23-13-4-3-7-18(23)8-9-19-21-11-10-20(17-6-5-15-25-16-17)24(21,2)14-12-22(19)23/h3,5-8,10,15-16,19,21-22H,4,9,11-14H2,1-2H3. The molecule has 0 bridgehead atoms. The average Bonchev–Trinajstić information content (AvgIpc) is 2.99. The fraction of sp³-hybridized carbons (Fsp3) is 0.542. The van der Waals surface area contributed by atoms with Crippen molar-refractivity contribution in [1.82, 2.24) is 4.98 Å². The molecule has 1 aromatic heterocycles. The second kappa shape index (κ2) is 5.43. The summed E-state index contributed by atoms with van der Waals surface area (Å²) in [4.78, 5) is 4.39. The molecule has 5 rings (SSSR count). The van der Waals surface area contributed by atoms with Gasteiger partial charge in [-0.2, -0.15) is 0 Å². The summed E-state index contributed by atoms with van der Waals surface area (Å²) in [5.74, 6) is 2.53. The van der Waals surface area contributed by atoms with E-state index in [1.165, 1.54) is 44.1 Å². The maximum Gasteiger partial charge on any atom is 0.0343 e. The highest BCUT2D eigenvalue weighted by Crippen LogP contribution is 2.65. The Morgan fingerprint density at radius 1 is 1.04 bits per heavy atom. The molecule has 0 aliphatic heterocycles. The summed E-state index contributed by atoms with van der Waals surface area (Å²) in [6.45, 7) is 5.11. The van der Waals surface area contributed by atoms with Crippen molar-refractivity contribution in [3.05, 3.63) is 60.0 Å². The zero-order valence-electron chi connectivity index (χ0n) is 15.5. The molecule has 4 aliphatic rings. The summed E-state index contributed by atoms with van der Waals surface area (Å²) in [5.41, 5.74) is 5.34. The Morgan fingerprint density at radius 3 is 2.80 bits per heavy atom. The van der Waals surface area contributed by atoms with Gasteiger partial charge in [-0.1, -0.05) is 44.2 Å². The fourth-order valence-corrected chi connectivity index (χ4v) is 6.84. The van der Waals surface area contributed by atoms with Gasteiger partial charge in [0.1, 0.15) is 0 Å². The summed E-state index contributed by atoms with van der Waals surface area (Å²) in [7, 11) is 0. The van der Waals surface area contributed by atoms with E-state index in [2.05, 4.69) is 61.5 Å². The Kier molecular flexibility index (Phi) is 3.39. The van der Waals surface area contributed by atoms with Crippen LogP contribution in [0.15, 0.2) is 54.4 Å². The summed E-state index contributed by atoms with van der Waals surface area (Å²) < 4.78 is 0. The zero-order valence-corrected chi connectivity index (χ0v) is 15.5. The van der Waals surface area contributed by atoms with Crippen molar-refractivity contribution in [1.29, 1.82) is 0 Å². The van der Waals surface area contributed by atoms with Gasteiger partial charge in [-0.05, 0) is 89.9 Å². The lowest BCUT2D eigenvalue weighted by atomic mass is 9.48. The fourth-order valence-electron chi connectivity index (χ4n) is 6.84. The van der Waals surface area contributed by atoms with Gasteiger partial charge in [0.15, 0.2) is 0 Å². The Balaban J connectivity index is 1.51. The number of hydrogen-bond acceptors (Lipinski definition) is 1. The van der Waals surface area contributed by atoms with Gasteiger partial charge in [-0.15, -0.1) is 0 Å². The van der Waals surface area contributed by atoms with Gasteiger partial charge in [-0.3, -0.25) is 4.98 Å². The average molecular weight is 332 g/mol. The molecule has 0 saturated heterocycles. The number of rotatable bonds is 1. The van der Waals surface area contributed by atoms with Crippen LogP contribution < -0.4 is 0 Å². The summed E-state index contributed by atoms with van der Waals surface area (Å²) in [6.07, 6.45) is 21.8. The molecule has 1 aromatic rings. The number of fused-ring (bicyclic) bond motifs is 5. The van der Waals surface area contributed by atoms with Crippen LogP contribution in [0.5, 0.6) is 0 Å². The molecular formula is C24H29N. The van der Waals surface area contributed by atoms with Crippen molar-refractivity contribution in [3.8, 4) is 0 Å². The predicted molar refractivity (Wildman–Crippen MR) is 104 cm³/mol. The molecule has 130 valence electrons. The Labute approximate surface area is 151 Å². The van der Waals surface area contributed by atoms with Crippen LogP contribution in [0.4, 0.5) is 0 Å². The second-order valence-electron chi connectivity index (χ2n) is 9.18. The van der Waals surface area contributed by atoms with Crippen LogP contribution in [0.25, 0.3) is 5.57 Å². The van der Waals surface area contributed by atoms with Crippen LogP contribution >= 0.6 is 0 Å². The smallest absolute Gasteiger partial charge is 0.0343 e. The number of pyridine rings is 1. The molecule has 5 unspecified atom stereocenters. The lowest BCUT2D eigenvalue weighted by molar-refractivity contribution is -0.00168. The van der Waals surface area contributed by atoms with E-state index in [1.54, 1.807) is 11.1 Å². The van der Waals surface area contributed by atoms with Crippen LogP contribution in [-0.2, 0) is 0 Å². The summed E-state index contributed by atoms with van der Waals surface area (Å²) >= 11 is 0. The molecule has 4 aliphatic carbocycles. The van der Waals surface area contributed by atoms with Crippen molar-refractivity contribution in [2.24, 2.45) is 28.6 Å². The maximum atomic E-state index is 4.39. The molecule has 1 saturated carbocycles. The first kappa shape index (κ1) is 15.6. The van der Waals surface area contributed by atoms with E-state index in [9.17, 15) is 0 Å². The number of nitrogens with zero attached hydrogens (tertiary/aromatic N) is 1. The van der Waals surface area contributed by atoms with Crippen LogP contribution in [0, 0.1) is 28.6 Å². The van der Waals surface area contributed by atoms with Gasteiger partial charge in [0, 0.05) is 12.4 Å². The van der Waals surface area contributed by atoms with E-state index in [1.807, 2.05) is 6.20 Å².